The Balaban J connectivity index is 2.59. The second-order valence-corrected chi connectivity index (χ2v) is 4.12. The number of fused-ring (bicyclic) bond motifs is 1. The molecular formula is C12H15NO2. The zero-order chi connectivity index (χ0) is 11.0. The molecule has 0 saturated heterocycles. The molecular weight excluding hydrogens is 190 g/mol. The largest absolute Gasteiger partial charge is 0.396 e. The minimum atomic E-state index is -0.0475. The summed E-state index contributed by atoms with van der Waals surface area (Å²) in [7, 11) is 0. The number of anilines is 1. The Labute approximate surface area is 89.1 Å². The highest BCUT2D eigenvalue weighted by atomic mass is 16.3. The number of benzene rings is 1. The van der Waals surface area contributed by atoms with Crippen molar-refractivity contribution in [3.8, 4) is 0 Å². The molecule has 15 heavy (non-hydrogen) atoms. The summed E-state index contributed by atoms with van der Waals surface area (Å²) >= 11 is 0. The van der Waals surface area contributed by atoms with Gasteiger partial charge in [0.15, 0.2) is 0 Å². The van der Waals surface area contributed by atoms with Crippen LogP contribution in [0.4, 0.5) is 5.69 Å². The first-order valence-corrected chi connectivity index (χ1v) is 5.14. The van der Waals surface area contributed by atoms with Crippen molar-refractivity contribution in [1.29, 1.82) is 0 Å². The van der Waals surface area contributed by atoms with Gasteiger partial charge in [-0.2, -0.15) is 0 Å². The highest BCUT2D eigenvalue weighted by Crippen LogP contribution is 2.36. The normalized spacial score (nSPS) is 19.7. The van der Waals surface area contributed by atoms with E-state index < -0.39 is 0 Å². The molecule has 1 aliphatic heterocycles. The van der Waals surface area contributed by atoms with Crippen LogP contribution in [0.3, 0.4) is 0 Å². The van der Waals surface area contributed by atoms with Gasteiger partial charge in [0.05, 0.1) is 6.61 Å². The molecule has 0 aromatic heterocycles. The van der Waals surface area contributed by atoms with Crippen LogP contribution in [0.1, 0.15) is 29.0 Å². The van der Waals surface area contributed by atoms with Crippen LogP contribution in [0.5, 0.6) is 0 Å². The molecule has 0 spiro atoms. The molecule has 0 aliphatic carbocycles. The van der Waals surface area contributed by atoms with Crippen molar-refractivity contribution in [1.82, 2.24) is 0 Å². The lowest BCUT2D eigenvalue weighted by molar-refractivity contribution is -0.117. The first kappa shape index (κ1) is 10.2. The summed E-state index contributed by atoms with van der Waals surface area (Å²) in [6.45, 7) is 4.02. The van der Waals surface area contributed by atoms with Gasteiger partial charge in [-0.05, 0) is 30.5 Å². The molecule has 3 nitrogen and oxygen atoms in total. The van der Waals surface area contributed by atoms with Crippen molar-refractivity contribution in [2.45, 2.75) is 26.2 Å². The fourth-order valence-electron chi connectivity index (χ4n) is 2.20. The van der Waals surface area contributed by atoms with Crippen LogP contribution in [0.15, 0.2) is 12.1 Å². The van der Waals surface area contributed by atoms with Crippen LogP contribution in [-0.4, -0.2) is 17.6 Å². The van der Waals surface area contributed by atoms with E-state index >= 15 is 0 Å². The van der Waals surface area contributed by atoms with Crippen molar-refractivity contribution < 1.29 is 9.90 Å². The summed E-state index contributed by atoms with van der Waals surface area (Å²) in [5.41, 5.74) is 4.18. The van der Waals surface area contributed by atoms with Gasteiger partial charge in [-0.15, -0.1) is 0 Å². The van der Waals surface area contributed by atoms with E-state index in [1.165, 1.54) is 0 Å². The van der Waals surface area contributed by atoms with Gasteiger partial charge in [0, 0.05) is 18.0 Å². The fourth-order valence-corrected chi connectivity index (χ4v) is 2.20. The number of carbonyl (C=O) groups excluding carboxylic acids is 1. The third-order valence-corrected chi connectivity index (χ3v) is 3.00. The van der Waals surface area contributed by atoms with E-state index in [4.69, 9.17) is 0 Å². The monoisotopic (exact) mass is 205 g/mol. The fraction of sp³-hybridized carbons (Fsp3) is 0.417. The van der Waals surface area contributed by atoms with Gasteiger partial charge in [0.2, 0.25) is 5.91 Å². The Morgan fingerprint density at radius 1 is 1.40 bits per heavy atom. The predicted octanol–water partition coefficient (Wildman–Crippen LogP) is 1.72. The van der Waals surface area contributed by atoms with E-state index in [2.05, 4.69) is 5.32 Å². The van der Waals surface area contributed by atoms with Gasteiger partial charge in [0.25, 0.3) is 0 Å². The molecule has 1 aliphatic rings. The van der Waals surface area contributed by atoms with Crippen molar-refractivity contribution >= 4 is 11.6 Å². The molecule has 0 bridgehead atoms. The lowest BCUT2D eigenvalue weighted by Crippen LogP contribution is -2.26. The Hall–Kier alpha value is -1.35. The molecule has 1 heterocycles. The SMILES string of the molecule is Cc1ccc(C)c2c1NC(=O)CC2CO. The molecule has 0 saturated carbocycles. The maximum Gasteiger partial charge on any atom is 0.225 e. The molecule has 3 heteroatoms. The molecule has 2 rings (SSSR count). The van der Waals surface area contributed by atoms with Crippen molar-refractivity contribution in [3.63, 3.8) is 0 Å². The highest BCUT2D eigenvalue weighted by Gasteiger charge is 2.26. The number of amides is 1. The molecule has 0 radical (unpaired) electrons. The number of nitrogens with one attached hydrogen (secondary N) is 1. The minimum Gasteiger partial charge on any atom is -0.396 e. The van der Waals surface area contributed by atoms with E-state index in [0.29, 0.717) is 6.42 Å². The van der Waals surface area contributed by atoms with Crippen molar-refractivity contribution in [2.24, 2.45) is 0 Å². The quantitative estimate of drug-likeness (QED) is 0.733. The van der Waals surface area contributed by atoms with E-state index in [0.717, 1.165) is 22.4 Å². The number of hydrogen-bond donors (Lipinski definition) is 2. The van der Waals surface area contributed by atoms with Gasteiger partial charge < -0.3 is 10.4 Å². The number of aliphatic hydroxyl groups excluding tert-OH is 1. The van der Waals surface area contributed by atoms with Gasteiger partial charge in [-0.25, -0.2) is 0 Å². The molecule has 80 valence electrons. The maximum absolute atomic E-state index is 11.4. The highest BCUT2D eigenvalue weighted by molar-refractivity contribution is 5.96. The van der Waals surface area contributed by atoms with E-state index in [1.807, 2.05) is 26.0 Å². The van der Waals surface area contributed by atoms with E-state index in [1.54, 1.807) is 0 Å². The van der Waals surface area contributed by atoms with Gasteiger partial charge in [-0.3, -0.25) is 4.79 Å². The third-order valence-electron chi connectivity index (χ3n) is 3.00. The van der Waals surface area contributed by atoms with Gasteiger partial charge in [0.1, 0.15) is 0 Å². The Morgan fingerprint density at radius 3 is 2.73 bits per heavy atom. The molecule has 0 fully saturated rings. The second kappa shape index (κ2) is 3.66. The zero-order valence-corrected chi connectivity index (χ0v) is 9.00. The molecule has 1 aromatic rings. The van der Waals surface area contributed by atoms with Gasteiger partial charge in [-0.1, -0.05) is 12.1 Å². The lowest BCUT2D eigenvalue weighted by atomic mass is 9.86. The number of rotatable bonds is 1. The Kier molecular flexibility index (Phi) is 2.49. The van der Waals surface area contributed by atoms with Gasteiger partial charge >= 0.3 is 0 Å². The summed E-state index contributed by atoms with van der Waals surface area (Å²) < 4.78 is 0. The average Bonchev–Trinajstić information content (AvgIpc) is 2.22. The summed E-state index contributed by atoms with van der Waals surface area (Å²) in [5, 5.41) is 12.2. The van der Waals surface area contributed by atoms with E-state index in [-0.39, 0.29) is 18.4 Å². The first-order valence-electron chi connectivity index (χ1n) is 5.14. The standard InChI is InChI=1S/C12H15NO2/c1-7-3-4-8(2)12-11(7)9(6-14)5-10(15)13-12/h3-4,9,14H,5-6H2,1-2H3,(H,13,15). The number of aryl methyl sites for hydroxylation is 2. The molecule has 1 aromatic carbocycles. The van der Waals surface area contributed by atoms with Crippen molar-refractivity contribution in [3.05, 3.63) is 28.8 Å². The molecule has 1 atom stereocenters. The summed E-state index contributed by atoms with van der Waals surface area (Å²) in [6.07, 6.45) is 0.383. The second-order valence-electron chi connectivity index (χ2n) is 4.12. The third kappa shape index (κ3) is 1.63. The maximum atomic E-state index is 11.4. The zero-order valence-electron chi connectivity index (χ0n) is 9.00. The molecule has 1 amide bonds. The van der Waals surface area contributed by atoms with E-state index in [9.17, 15) is 9.90 Å². The molecule has 2 N–H and O–H groups in total. The van der Waals surface area contributed by atoms with Crippen LogP contribution < -0.4 is 5.32 Å². The number of aliphatic hydroxyl groups is 1. The Morgan fingerprint density at radius 2 is 2.07 bits per heavy atom. The minimum absolute atomic E-state index is 0.00440. The topological polar surface area (TPSA) is 49.3 Å². The summed E-state index contributed by atoms with van der Waals surface area (Å²) in [5.74, 6) is -0.0519. The Bertz CT molecular complexity index is 412. The summed E-state index contributed by atoms with van der Waals surface area (Å²) in [4.78, 5) is 11.4. The van der Waals surface area contributed by atoms with Crippen LogP contribution >= 0.6 is 0 Å². The lowest BCUT2D eigenvalue weighted by Gasteiger charge is -2.27. The number of hydrogen-bond acceptors (Lipinski definition) is 2. The predicted molar refractivity (Wildman–Crippen MR) is 59.0 cm³/mol. The summed E-state index contributed by atoms with van der Waals surface area (Å²) in [6, 6.07) is 4.03. The van der Waals surface area contributed by atoms with Crippen LogP contribution in [0.2, 0.25) is 0 Å². The number of carbonyl (C=O) groups is 1. The smallest absolute Gasteiger partial charge is 0.225 e. The first-order chi connectivity index (χ1) is 7.13. The molecule has 1 unspecified atom stereocenters. The average molecular weight is 205 g/mol. The van der Waals surface area contributed by atoms with Crippen molar-refractivity contribution in [2.75, 3.05) is 11.9 Å². The van der Waals surface area contributed by atoms with Crippen LogP contribution in [-0.2, 0) is 4.79 Å². The van der Waals surface area contributed by atoms with Crippen LogP contribution in [0, 0.1) is 13.8 Å². The van der Waals surface area contributed by atoms with Crippen LogP contribution in [0.25, 0.3) is 0 Å².